The van der Waals surface area contributed by atoms with Crippen LogP contribution in [0, 0.1) is 5.92 Å². The van der Waals surface area contributed by atoms with Gasteiger partial charge in [-0.15, -0.1) is 0 Å². The van der Waals surface area contributed by atoms with Crippen LogP contribution in [-0.4, -0.2) is 26.7 Å². The first-order valence-corrected chi connectivity index (χ1v) is 6.80. The minimum absolute atomic E-state index is 0.405. The van der Waals surface area contributed by atoms with E-state index < -0.39 is 0 Å². The van der Waals surface area contributed by atoms with Crippen molar-refractivity contribution in [2.45, 2.75) is 31.7 Å². The number of benzene rings is 1. The van der Waals surface area contributed by atoms with Gasteiger partial charge in [0.15, 0.2) is 0 Å². The molecule has 2 N–H and O–H groups in total. The molecule has 0 radical (unpaired) electrons. The van der Waals surface area contributed by atoms with E-state index in [2.05, 4.69) is 24.1 Å². The summed E-state index contributed by atoms with van der Waals surface area (Å²) < 4.78 is 5.27. The fourth-order valence-electron chi connectivity index (χ4n) is 2.84. The third-order valence-electron chi connectivity index (χ3n) is 3.85. The molecular formula is C15H24N2O. The summed E-state index contributed by atoms with van der Waals surface area (Å²) in [5.74, 6) is 1.64. The van der Waals surface area contributed by atoms with E-state index in [4.69, 9.17) is 10.5 Å². The van der Waals surface area contributed by atoms with Gasteiger partial charge in [0.05, 0.1) is 7.11 Å². The summed E-state index contributed by atoms with van der Waals surface area (Å²) in [7, 11) is 3.86. The van der Waals surface area contributed by atoms with Crippen molar-refractivity contribution in [3.63, 3.8) is 0 Å². The monoisotopic (exact) mass is 248 g/mol. The molecule has 1 aliphatic carbocycles. The Morgan fingerprint density at radius 2 is 2.22 bits per heavy atom. The Morgan fingerprint density at radius 3 is 2.94 bits per heavy atom. The molecule has 1 aliphatic rings. The van der Waals surface area contributed by atoms with Gasteiger partial charge >= 0.3 is 0 Å². The summed E-state index contributed by atoms with van der Waals surface area (Å²) in [6.07, 6.45) is 4.94. The lowest BCUT2D eigenvalue weighted by molar-refractivity contribution is 0.326. The SMILES string of the molecule is COc1cccc(N(C)CC2CCCC(N)C2)c1. The van der Waals surface area contributed by atoms with Gasteiger partial charge in [-0.3, -0.25) is 0 Å². The number of methoxy groups -OCH3 is 1. The second-order valence-corrected chi connectivity index (χ2v) is 5.37. The van der Waals surface area contributed by atoms with Gasteiger partial charge in [0.1, 0.15) is 5.75 Å². The molecule has 2 rings (SSSR count). The maximum Gasteiger partial charge on any atom is 0.120 e. The second kappa shape index (κ2) is 6.10. The Labute approximate surface area is 110 Å². The van der Waals surface area contributed by atoms with Crippen LogP contribution in [0.2, 0.25) is 0 Å². The molecule has 1 aromatic carbocycles. The van der Waals surface area contributed by atoms with Crippen molar-refractivity contribution in [1.82, 2.24) is 0 Å². The van der Waals surface area contributed by atoms with E-state index in [1.54, 1.807) is 7.11 Å². The Balaban J connectivity index is 1.95. The lowest BCUT2D eigenvalue weighted by Crippen LogP contribution is -2.34. The second-order valence-electron chi connectivity index (χ2n) is 5.37. The Hall–Kier alpha value is -1.22. The molecule has 0 bridgehead atoms. The maximum absolute atomic E-state index is 6.05. The topological polar surface area (TPSA) is 38.5 Å². The van der Waals surface area contributed by atoms with Crippen LogP contribution in [0.4, 0.5) is 5.69 Å². The summed E-state index contributed by atoms with van der Waals surface area (Å²) >= 11 is 0. The first-order chi connectivity index (χ1) is 8.69. The van der Waals surface area contributed by atoms with E-state index in [0.717, 1.165) is 24.6 Å². The number of rotatable bonds is 4. The summed E-state index contributed by atoms with van der Waals surface area (Å²) in [5.41, 5.74) is 7.26. The lowest BCUT2D eigenvalue weighted by atomic mass is 9.86. The van der Waals surface area contributed by atoms with Gasteiger partial charge in [-0.25, -0.2) is 0 Å². The highest BCUT2D eigenvalue weighted by Gasteiger charge is 2.20. The van der Waals surface area contributed by atoms with Crippen molar-refractivity contribution in [1.29, 1.82) is 0 Å². The van der Waals surface area contributed by atoms with Crippen molar-refractivity contribution in [2.24, 2.45) is 11.7 Å². The van der Waals surface area contributed by atoms with Gasteiger partial charge in [0.25, 0.3) is 0 Å². The molecule has 1 saturated carbocycles. The first-order valence-electron chi connectivity index (χ1n) is 6.80. The van der Waals surface area contributed by atoms with Crippen LogP contribution in [0.15, 0.2) is 24.3 Å². The molecule has 3 nitrogen and oxygen atoms in total. The number of hydrogen-bond acceptors (Lipinski definition) is 3. The van der Waals surface area contributed by atoms with Gasteiger partial charge in [-0.1, -0.05) is 12.5 Å². The van der Waals surface area contributed by atoms with E-state index in [-0.39, 0.29) is 0 Å². The van der Waals surface area contributed by atoms with Crippen LogP contribution in [0.3, 0.4) is 0 Å². The number of nitrogens with zero attached hydrogens (tertiary/aromatic N) is 1. The summed E-state index contributed by atoms with van der Waals surface area (Å²) in [6, 6.07) is 8.64. The molecule has 0 spiro atoms. The molecule has 0 aliphatic heterocycles. The molecule has 1 aromatic rings. The Kier molecular flexibility index (Phi) is 4.48. The van der Waals surface area contributed by atoms with Crippen LogP contribution in [0.5, 0.6) is 5.75 Å². The van der Waals surface area contributed by atoms with E-state index in [9.17, 15) is 0 Å². The zero-order chi connectivity index (χ0) is 13.0. The predicted octanol–water partition coefficient (Wildman–Crippen LogP) is 2.65. The minimum Gasteiger partial charge on any atom is -0.497 e. The fourth-order valence-corrected chi connectivity index (χ4v) is 2.84. The van der Waals surface area contributed by atoms with Gasteiger partial charge in [0.2, 0.25) is 0 Å². The smallest absolute Gasteiger partial charge is 0.120 e. The fraction of sp³-hybridized carbons (Fsp3) is 0.600. The lowest BCUT2D eigenvalue weighted by Gasteiger charge is -2.31. The highest BCUT2D eigenvalue weighted by Crippen LogP contribution is 2.26. The molecule has 0 amide bonds. The van der Waals surface area contributed by atoms with E-state index >= 15 is 0 Å². The normalized spacial score (nSPS) is 23.7. The summed E-state index contributed by atoms with van der Waals surface area (Å²) in [4.78, 5) is 2.31. The number of nitrogens with two attached hydrogens (primary N) is 1. The Bertz CT molecular complexity index is 381. The van der Waals surface area contributed by atoms with E-state index in [1.807, 2.05) is 12.1 Å². The average molecular weight is 248 g/mol. The highest BCUT2D eigenvalue weighted by molar-refractivity contribution is 5.50. The van der Waals surface area contributed by atoms with Gasteiger partial charge in [-0.2, -0.15) is 0 Å². The molecular weight excluding hydrogens is 224 g/mol. The van der Waals surface area contributed by atoms with Crippen molar-refractivity contribution in [3.8, 4) is 5.75 Å². The quantitative estimate of drug-likeness (QED) is 0.890. The molecule has 18 heavy (non-hydrogen) atoms. The summed E-state index contributed by atoms with van der Waals surface area (Å²) in [5, 5.41) is 0. The largest absolute Gasteiger partial charge is 0.497 e. The van der Waals surface area contributed by atoms with E-state index in [0.29, 0.717) is 6.04 Å². The van der Waals surface area contributed by atoms with E-state index in [1.165, 1.54) is 24.9 Å². The number of anilines is 1. The summed E-state index contributed by atoms with van der Waals surface area (Å²) in [6.45, 7) is 1.08. The maximum atomic E-state index is 6.05. The van der Waals surface area contributed by atoms with Crippen LogP contribution >= 0.6 is 0 Å². The third kappa shape index (κ3) is 3.39. The molecule has 0 heterocycles. The minimum atomic E-state index is 0.405. The molecule has 1 fully saturated rings. The Morgan fingerprint density at radius 1 is 1.39 bits per heavy atom. The zero-order valence-corrected chi connectivity index (χ0v) is 11.4. The van der Waals surface area contributed by atoms with Crippen molar-refractivity contribution in [3.05, 3.63) is 24.3 Å². The average Bonchev–Trinajstić information content (AvgIpc) is 2.39. The molecule has 0 saturated heterocycles. The number of ether oxygens (including phenoxy) is 1. The molecule has 100 valence electrons. The van der Waals surface area contributed by atoms with Crippen molar-refractivity contribution >= 4 is 5.69 Å². The van der Waals surface area contributed by atoms with Crippen LogP contribution < -0.4 is 15.4 Å². The standard InChI is InChI=1S/C15H24N2O/c1-17(11-12-5-3-6-13(16)9-12)14-7-4-8-15(10-14)18-2/h4,7-8,10,12-13H,3,5-6,9,11,16H2,1-2H3. The first kappa shape index (κ1) is 13.2. The van der Waals surface area contributed by atoms with Crippen molar-refractivity contribution in [2.75, 3.05) is 25.6 Å². The van der Waals surface area contributed by atoms with Gasteiger partial charge < -0.3 is 15.4 Å². The van der Waals surface area contributed by atoms with Gasteiger partial charge in [-0.05, 0) is 37.3 Å². The van der Waals surface area contributed by atoms with Gasteiger partial charge in [0, 0.05) is 31.4 Å². The van der Waals surface area contributed by atoms with Crippen LogP contribution in [0.25, 0.3) is 0 Å². The van der Waals surface area contributed by atoms with Crippen molar-refractivity contribution < 1.29 is 4.74 Å². The third-order valence-corrected chi connectivity index (χ3v) is 3.85. The molecule has 3 heteroatoms. The highest BCUT2D eigenvalue weighted by atomic mass is 16.5. The van der Waals surface area contributed by atoms with Crippen LogP contribution in [0.1, 0.15) is 25.7 Å². The molecule has 0 aromatic heterocycles. The molecule has 2 atom stereocenters. The predicted molar refractivity (Wildman–Crippen MR) is 76.2 cm³/mol. The zero-order valence-electron chi connectivity index (χ0n) is 11.4. The van der Waals surface area contributed by atoms with Crippen LogP contribution in [-0.2, 0) is 0 Å². The number of hydrogen-bond donors (Lipinski definition) is 1. The molecule has 2 unspecified atom stereocenters.